The Kier molecular flexibility index (Phi) is 5.52. The van der Waals surface area contributed by atoms with E-state index in [1.165, 1.54) is 0 Å². The van der Waals surface area contributed by atoms with Crippen molar-refractivity contribution in [3.8, 4) is 11.3 Å². The van der Waals surface area contributed by atoms with Gasteiger partial charge < -0.3 is 9.73 Å². The molecule has 0 aliphatic heterocycles. The number of anilines is 1. The van der Waals surface area contributed by atoms with E-state index in [9.17, 15) is 0 Å². The smallest absolute Gasteiger partial charge is 0.243 e. The first-order chi connectivity index (χ1) is 11.7. The molecule has 0 radical (unpaired) electrons. The number of aromatic nitrogens is 4. The number of tetrazole rings is 1. The minimum Gasteiger partial charge on any atom is -0.459 e. The minimum atomic E-state index is 0.501. The number of nitrogens with zero attached hydrogens (tertiary/aromatic N) is 4. The number of unbranched alkanes of at least 4 members (excludes halogenated alkanes) is 1. The van der Waals surface area contributed by atoms with Gasteiger partial charge in [0.2, 0.25) is 5.95 Å². The van der Waals surface area contributed by atoms with Crippen molar-refractivity contribution < 1.29 is 4.42 Å². The lowest BCUT2D eigenvalue weighted by Crippen LogP contribution is -2.08. The van der Waals surface area contributed by atoms with Crippen LogP contribution in [0, 0.1) is 0 Å². The first-order valence-electron chi connectivity index (χ1n) is 7.71. The number of halogens is 2. The third-order valence-corrected chi connectivity index (χ3v) is 4.34. The van der Waals surface area contributed by atoms with Gasteiger partial charge in [0.15, 0.2) is 0 Å². The van der Waals surface area contributed by atoms with E-state index < -0.39 is 0 Å². The zero-order valence-corrected chi connectivity index (χ0v) is 15.5. The summed E-state index contributed by atoms with van der Waals surface area (Å²) in [5, 5.41) is 15.5. The van der Waals surface area contributed by atoms with Crippen LogP contribution in [0.2, 0.25) is 5.02 Å². The molecular weight excluding hydrogens is 394 g/mol. The van der Waals surface area contributed by atoms with E-state index in [1.807, 2.05) is 30.3 Å². The summed E-state index contributed by atoms with van der Waals surface area (Å²) in [4.78, 5) is 0. The zero-order valence-electron chi connectivity index (χ0n) is 13.2. The Bertz CT molecular complexity index is 816. The van der Waals surface area contributed by atoms with Gasteiger partial charge in [0.05, 0.1) is 11.6 Å². The molecule has 6 nitrogen and oxygen atoms in total. The van der Waals surface area contributed by atoms with Crippen molar-refractivity contribution >= 4 is 33.5 Å². The lowest BCUT2D eigenvalue weighted by atomic mass is 10.2. The summed E-state index contributed by atoms with van der Waals surface area (Å²) in [7, 11) is 0. The van der Waals surface area contributed by atoms with Gasteiger partial charge in [-0.15, -0.1) is 0 Å². The molecule has 0 atom stereocenters. The standard InChI is InChI=1S/C16H17BrClN5O/c1-2-3-8-23-16(20-21-22-23)19-10-12-5-7-15(24-12)13-6-4-11(17)9-14(13)18/h4-7,9H,2-3,8,10H2,1H3,(H,19,20,22). The van der Waals surface area contributed by atoms with Crippen molar-refractivity contribution in [2.24, 2.45) is 0 Å². The molecule has 0 unspecified atom stereocenters. The Morgan fingerprint density at radius 3 is 2.96 bits per heavy atom. The molecule has 0 saturated carbocycles. The van der Waals surface area contributed by atoms with Crippen molar-refractivity contribution in [2.45, 2.75) is 32.9 Å². The molecule has 0 bridgehead atoms. The van der Waals surface area contributed by atoms with Gasteiger partial charge in [-0.05, 0) is 47.2 Å². The van der Waals surface area contributed by atoms with Crippen LogP contribution in [-0.4, -0.2) is 20.2 Å². The molecular formula is C16H17BrClN5O. The summed E-state index contributed by atoms with van der Waals surface area (Å²) in [6.45, 7) is 3.43. The number of aryl methyl sites for hydroxylation is 1. The van der Waals surface area contributed by atoms with Crippen molar-refractivity contribution in [1.82, 2.24) is 20.2 Å². The van der Waals surface area contributed by atoms with Crippen LogP contribution in [0.15, 0.2) is 39.2 Å². The molecule has 3 rings (SSSR count). The van der Waals surface area contributed by atoms with Crippen molar-refractivity contribution in [3.05, 3.63) is 45.6 Å². The normalized spacial score (nSPS) is 11.0. The highest BCUT2D eigenvalue weighted by atomic mass is 79.9. The van der Waals surface area contributed by atoms with Crippen LogP contribution in [-0.2, 0) is 13.1 Å². The second kappa shape index (κ2) is 7.81. The quantitative estimate of drug-likeness (QED) is 0.608. The van der Waals surface area contributed by atoms with Crippen LogP contribution in [0.5, 0.6) is 0 Å². The molecule has 1 N–H and O–H groups in total. The predicted octanol–water partition coefficient (Wildman–Crippen LogP) is 4.76. The maximum atomic E-state index is 6.27. The molecule has 2 aromatic heterocycles. The second-order valence-electron chi connectivity index (χ2n) is 5.32. The summed E-state index contributed by atoms with van der Waals surface area (Å²) in [5.74, 6) is 2.16. The Morgan fingerprint density at radius 1 is 1.29 bits per heavy atom. The van der Waals surface area contributed by atoms with E-state index in [4.69, 9.17) is 16.0 Å². The molecule has 1 aromatic carbocycles. The summed E-state index contributed by atoms with van der Waals surface area (Å²) < 4.78 is 8.57. The van der Waals surface area contributed by atoms with E-state index in [1.54, 1.807) is 4.68 Å². The first-order valence-corrected chi connectivity index (χ1v) is 8.88. The van der Waals surface area contributed by atoms with Gasteiger partial charge in [0.1, 0.15) is 11.5 Å². The molecule has 0 aliphatic carbocycles. The molecule has 0 spiro atoms. The Labute approximate surface area is 153 Å². The minimum absolute atomic E-state index is 0.501. The van der Waals surface area contributed by atoms with E-state index in [0.29, 0.717) is 17.5 Å². The second-order valence-corrected chi connectivity index (χ2v) is 6.65. The molecule has 0 aliphatic rings. The van der Waals surface area contributed by atoms with Crippen LogP contribution in [0.25, 0.3) is 11.3 Å². The number of nitrogens with one attached hydrogen (secondary N) is 1. The molecule has 2 heterocycles. The molecule has 126 valence electrons. The Balaban J connectivity index is 1.67. The third kappa shape index (κ3) is 3.96. The molecule has 0 amide bonds. The maximum Gasteiger partial charge on any atom is 0.243 e. The average Bonchev–Trinajstić information content (AvgIpc) is 3.20. The lowest BCUT2D eigenvalue weighted by molar-refractivity contribution is 0.526. The Morgan fingerprint density at radius 2 is 2.17 bits per heavy atom. The van der Waals surface area contributed by atoms with Gasteiger partial charge in [0, 0.05) is 16.6 Å². The van der Waals surface area contributed by atoms with Crippen LogP contribution < -0.4 is 5.32 Å². The Hall–Kier alpha value is -1.86. The van der Waals surface area contributed by atoms with Gasteiger partial charge in [-0.1, -0.05) is 46.0 Å². The number of hydrogen-bond donors (Lipinski definition) is 1. The highest BCUT2D eigenvalue weighted by Crippen LogP contribution is 2.31. The molecule has 0 fully saturated rings. The first kappa shape index (κ1) is 17.0. The summed E-state index contributed by atoms with van der Waals surface area (Å²) >= 11 is 9.66. The summed E-state index contributed by atoms with van der Waals surface area (Å²) in [6.07, 6.45) is 2.13. The fourth-order valence-electron chi connectivity index (χ4n) is 2.26. The van der Waals surface area contributed by atoms with Gasteiger partial charge in [-0.25, -0.2) is 4.68 Å². The van der Waals surface area contributed by atoms with Crippen LogP contribution >= 0.6 is 27.5 Å². The highest BCUT2D eigenvalue weighted by Gasteiger charge is 2.10. The SMILES string of the molecule is CCCCn1nnnc1NCc1ccc(-c2ccc(Br)cc2Cl)o1. The molecule has 0 saturated heterocycles. The van der Waals surface area contributed by atoms with E-state index in [2.05, 4.69) is 43.7 Å². The topological polar surface area (TPSA) is 68.8 Å². The van der Waals surface area contributed by atoms with E-state index in [-0.39, 0.29) is 0 Å². The monoisotopic (exact) mass is 409 g/mol. The fraction of sp³-hybridized carbons (Fsp3) is 0.312. The maximum absolute atomic E-state index is 6.27. The van der Waals surface area contributed by atoms with Crippen LogP contribution in [0.4, 0.5) is 5.95 Å². The summed E-state index contributed by atoms with van der Waals surface area (Å²) in [6, 6.07) is 9.53. The van der Waals surface area contributed by atoms with Crippen molar-refractivity contribution in [3.63, 3.8) is 0 Å². The molecule has 8 heteroatoms. The average molecular weight is 411 g/mol. The number of benzene rings is 1. The number of rotatable bonds is 7. The number of furan rings is 1. The fourth-order valence-corrected chi connectivity index (χ4v) is 3.03. The molecule has 24 heavy (non-hydrogen) atoms. The van der Waals surface area contributed by atoms with Gasteiger partial charge in [0.25, 0.3) is 0 Å². The van der Waals surface area contributed by atoms with E-state index in [0.717, 1.165) is 40.9 Å². The van der Waals surface area contributed by atoms with Crippen molar-refractivity contribution in [1.29, 1.82) is 0 Å². The zero-order chi connectivity index (χ0) is 16.9. The third-order valence-electron chi connectivity index (χ3n) is 3.53. The number of hydrogen-bond acceptors (Lipinski definition) is 5. The highest BCUT2D eigenvalue weighted by molar-refractivity contribution is 9.10. The lowest BCUT2D eigenvalue weighted by Gasteiger charge is -2.05. The van der Waals surface area contributed by atoms with Crippen LogP contribution in [0.1, 0.15) is 25.5 Å². The van der Waals surface area contributed by atoms with Gasteiger partial charge in [-0.2, -0.15) is 0 Å². The van der Waals surface area contributed by atoms with E-state index >= 15 is 0 Å². The van der Waals surface area contributed by atoms with Gasteiger partial charge in [-0.3, -0.25) is 0 Å². The molecule has 3 aromatic rings. The van der Waals surface area contributed by atoms with Gasteiger partial charge >= 0.3 is 0 Å². The predicted molar refractivity (Wildman–Crippen MR) is 96.9 cm³/mol. The largest absolute Gasteiger partial charge is 0.459 e. The van der Waals surface area contributed by atoms with Crippen LogP contribution in [0.3, 0.4) is 0 Å². The van der Waals surface area contributed by atoms with Crippen molar-refractivity contribution in [2.75, 3.05) is 5.32 Å². The summed E-state index contributed by atoms with van der Waals surface area (Å²) in [5.41, 5.74) is 0.860.